The molecule has 0 aromatic rings. The Morgan fingerprint density at radius 3 is 2.50 bits per heavy atom. The molecule has 0 nitrogen and oxygen atoms in total. The van der Waals surface area contributed by atoms with E-state index in [1.807, 2.05) is 0 Å². The second kappa shape index (κ2) is 5.93. The molecule has 0 fully saturated rings. The van der Waals surface area contributed by atoms with Gasteiger partial charge < -0.3 is 0 Å². The molecule has 0 aliphatic heterocycles. The van der Waals surface area contributed by atoms with E-state index in [2.05, 4.69) is 13.8 Å². The Labute approximate surface area is 66.1 Å². The van der Waals surface area contributed by atoms with E-state index >= 15 is 0 Å². The van der Waals surface area contributed by atoms with E-state index in [4.69, 9.17) is 0 Å². The molecule has 0 aliphatic carbocycles. The van der Waals surface area contributed by atoms with Gasteiger partial charge in [-0.3, -0.25) is 0 Å². The summed E-state index contributed by atoms with van der Waals surface area (Å²) in [5, 5.41) is 0. The third-order valence-corrected chi connectivity index (χ3v) is 3.39. The summed E-state index contributed by atoms with van der Waals surface area (Å²) in [6, 6.07) is 0. The van der Waals surface area contributed by atoms with Crippen molar-refractivity contribution < 1.29 is 0 Å². The molecule has 1 heteroatoms. The van der Waals surface area contributed by atoms with E-state index in [0.29, 0.717) is 0 Å². The van der Waals surface area contributed by atoms with Crippen molar-refractivity contribution in [2.45, 2.75) is 37.5 Å². The Morgan fingerprint density at radius 1 is 1.50 bits per heavy atom. The first kappa shape index (κ1) is 8.80. The van der Waals surface area contributed by atoms with Crippen LogP contribution in [0.3, 0.4) is 0 Å². The number of rotatable bonds is 4. The molecule has 3 radical (unpaired) electrons. The summed E-state index contributed by atoms with van der Waals surface area (Å²) in [6.45, 7) is 4.61. The van der Waals surface area contributed by atoms with Gasteiger partial charge in [0.15, 0.2) is 0 Å². The van der Waals surface area contributed by atoms with Crippen LogP contribution in [-0.4, -0.2) is 22.5 Å². The predicted molar refractivity (Wildman–Crippen MR) is 39.3 cm³/mol. The molecular formula is C7H15Sn. The van der Waals surface area contributed by atoms with Gasteiger partial charge in [0.1, 0.15) is 0 Å². The van der Waals surface area contributed by atoms with E-state index in [0.717, 1.165) is 5.92 Å². The van der Waals surface area contributed by atoms with Gasteiger partial charge in [-0.2, -0.15) is 0 Å². The zero-order chi connectivity index (χ0) is 6.41. The van der Waals surface area contributed by atoms with E-state index in [1.54, 1.807) is 22.5 Å². The van der Waals surface area contributed by atoms with Gasteiger partial charge in [-0.15, -0.1) is 0 Å². The summed E-state index contributed by atoms with van der Waals surface area (Å²) in [4.78, 5) is 0. The second-order valence-corrected chi connectivity index (χ2v) is 3.62. The molecule has 0 saturated heterocycles. The summed E-state index contributed by atoms with van der Waals surface area (Å²) < 4.78 is 1.44. The molecular weight excluding hydrogens is 203 g/mol. The summed E-state index contributed by atoms with van der Waals surface area (Å²) in [5.41, 5.74) is 0. The molecule has 0 spiro atoms. The van der Waals surface area contributed by atoms with Crippen LogP contribution in [-0.2, 0) is 0 Å². The Bertz CT molecular complexity index is 43.7. The van der Waals surface area contributed by atoms with Crippen LogP contribution in [0.4, 0.5) is 0 Å². The average molecular weight is 218 g/mol. The number of hydrogen-bond acceptors (Lipinski definition) is 0. The molecule has 47 valence electrons. The molecule has 0 N–H and O–H groups in total. The molecule has 0 amide bonds. The van der Waals surface area contributed by atoms with E-state index < -0.39 is 0 Å². The van der Waals surface area contributed by atoms with Gasteiger partial charge in [-0.1, -0.05) is 0 Å². The van der Waals surface area contributed by atoms with Gasteiger partial charge in [-0.05, 0) is 0 Å². The Balaban J connectivity index is 2.86. The molecule has 0 aromatic heterocycles. The Kier molecular flexibility index (Phi) is 6.52. The Morgan fingerprint density at radius 2 is 2.12 bits per heavy atom. The van der Waals surface area contributed by atoms with Crippen molar-refractivity contribution in [3.63, 3.8) is 0 Å². The molecule has 8 heavy (non-hydrogen) atoms. The van der Waals surface area contributed by atoms with Crippen molar-refractivity contribution in [3.8, 4) is 0 Å². The summed E-state index contributed by atoms with van der Waals surface area (Å²) in [6.07, 6.45) is 4.23. The van der Waals surface area contributed by atoms with Crippen molar-refractivity contribution in [3.05, 3.63) is 0 Å². The van der Waals surface area contributed by atoms with Crippen LogP contribution in [0.5, 0.6) is 0 Å². The fourth-order valence-electron chi connectivity index (χ4n) is 0.655. The van der Waals surface area contributed by atoms with E-state index in [-0.39, 0.29) is 0 Å². The first-order chi connectivity index (χ1) is 3.81. The second-order valence-electron chi connectivity index (χ2n) is 2.45. The van der Waals surface area contributed by atoms with Crippen LogP contribution >= 0.6 is 0 Å². The monoisotopic (exact) mass is 219 g/mol. The van der Waals surface area contributed by atoms with Crippen LogP contribution in [0.25, 0.3) is 0 Å². The summed E-state index contributed by atoms with van der Waals surface area (Å²) in [5.74, 6) is 0.994. The van der Waals surface area contributed by atoms with Crippen molar-refractivity contribution in [2.75, 3.05) is 0 Å². The van der Waals surface area contributed by atoms with Crippen LogP contribution in [0.1, 0.15) is 33.1 Å². The number of unbranched alkanes of at least 4 members (excludes halogenated alkanes) is 1. The van der Waals surface area contributed by atoms with Gasteiger partial charge in [0.05, 0.1) is 0 Å². The van der Waals surface area contributed by atoms with Crippen molar-refractivity contribution in [2.24, 2.45) is 5.92 Å². The standard InChI is InChI=1S/C7H15.Sn/c1-4-5-6-7(2)3;/h7H,2,4-6H2,1,3H3;. The molecule has 0 aliphatic rings. The normalized spacial score (nSPS) is 13.9. The molecule has 0 saturated carbocycles. The molecule has 1 atom stereocenters. The maximum atomic E-state index is 2.35. The Hall–Kier alpha value is 0.799. The van der Waals surface area contributed by atoms with Crippen LogP contribution in [0, 0.1) is 5.92 Å². The van der Waals surface area contributed by atoms with Gasteiger partial charge in [0.25, 0.3) is 0 Å². The van der Waals surface area contributed by atoms with Crippen molar-refractivity contribution >= 4 is 22.5 Å². The average Bonchev–Trinajstić information content (AvgIpc) is 1.83. The zero-order valence-corrected chi connectivity index (χ0v) is 8.76. The van der Waals surface area contributed by atoms with Gasteiger partial charge in [-0.25, -0.2) is 0 Å². The number of hydrogen-bond donors (Lipinski definition) is 0. The molecule has 0 aromatic carbocycles. The minimum absolute atomic E-state index is 0.994. The maximum absolute atomic E-state index is 2.35. The molecule has 0 heterocycles. The molecule has 0 bridgehead atoms. The summed E-state index contributed by atoms with van der Waals surface area (Å²) in [7, 11) is 0. The third-order valence-electron chi connectivity index (χ3n) is 1.40. The van der Waals surface area contributed by atoms with Crippen LogP contribution < -0.4 is 0 Å². The molecule has 0 rings (SSSR count). The fourth-order valence-corrected chi connectivity index (χ4v) is 1.24. The topological polar surface area (TPSA) is 0 Å². The van der Waals surface area contributed by atoms with Crippen molar-refractivity contribution in [1.82, 2.24) is 0 Å². The first-order valence-corrected chi connectivity index (χ1v) is 5.47. The van der Waals surface area contributed by atoms with E-state index in [1.165, 1.54) is 23.7 Å². The third kappa shape index (κ3) is 4.95. The molecule has 1 unspecified atom stereocenters. The van der Waals surface area contributed by atoms with Crippen LogP contribution in [0.15, 0.2) is 0 Å². The minimum atomic E-state index is 0.994. The van der Waals surface area contributed by atoms with Gasteiger partial charge >= 0.3 is 66.0 Å². The van der Waals surface area contributed by atoms with E-state index in [9.17, 15) is 0 Å². The summed E-state index contributed by atoms with van der Waals surface area (Å²) >= 11 is 1.70. The SMILES string of the molecule is CCCCC(C)[CH2][Sn]. The van der Waals surface area contributed by atoms with Gasteiger partial charge in [0.2, 0.25) is 0 Å². The predicted octanol–water partition coefficient (Wildman–Crippen LogP) is 2.40. The fraction of sp³-hybridized carbons (Fsp3) is 1.00. The van der Waals surface area contributed by atoms with Gasteiger partial charge in [0, 0.05) is 0 Å². The van der Waals surface area contributed by atoms with Crippen molar-refractivity contribution in [1.29, 1.82) is 0 Å². The van der Waals surface area contributed by atoms with Crippen LogP contribution in [0.2, 0.25) is 4.44 Å². The first-order valence-electron chi connectivity index (χ1n) is 3.45. The quantitative estimate of drug-likeness (QED) is 0.635. The zero-order valence-electron chi connectivity index (χ0n) is 5.91.